The molecule has 0 atom stereocenters. The lowest BCUT2D eigenvalue weighted by Crippen LogP contribution is -2.12. The van der Waals surface area contributed by atoms with Gasteiger partial charge in [0, 0.05) is 16.5 Å². The van der Waals surface area contributed by atoms with Crippen LogP contribution in [-0.2, 0) is 6.18 Å². The fourth-order valence-electron chi connectivity index (χ4n) is 2.88. The number of carbonyl (C=O) groups excluding carboxylic acids is 1. The van der Waals surface area contributed by atoms with Crippen LogP contribution < -0.4 is 11.1 Å². The van der Waals surface area contributed by atoms with Gasteiger partial charge in [-0.3, -0.25) is 10.1 Å². The fourth-order valence-corrected chi connectivity index (χ4v) is 3.48. The predicted molar refractivity (Wildman–Crippen MR) is 107 cm³/mol. The van der Waals surface area contributed by atoms with E-state index in [0.29, 0.717) is 16.8 Å². The molecule has 2 aromatic heterocycles. The molecule has 0 saturated carbocycles. The number of aromatic nitrogens is 4. The number of aryl methyl sites for hydroxylation is 1. The van der Waals surface area contributed by atoms with Gasteiger partial charge in [0.05, 0.1) is 11.2 Å². The summed E-state index contributed by atoms with van der Waals surface area (Å²) in [7, 11) is 0. The molecule has 0 spiro atoms. The second kappa shape index (κ2) is 7.34. The SMILES string of the molecule is Cc1ccc(C(=O)Nc2nnc(C(F)(F)F)s2)cc1-c1nc(N)nc2ccccc12. The molecule has 0 unspecified atom stereocenters. The summed E-state index contributed by atoms with van der Waals surface area (Å²) < 4.78 is 38.0. The van der Waals surface area contributed by atoms with E-state index in [-0.39, 0.29) is 28.0 Å². The lowest BCUT2D eigenvalue weighted by Gasteiger charge is -2.11. The Morgan fingerprint density at radius 3 is 2.60 bits per heavy atom. The third kappa shape index (κ3) is 3.79. The zero-order valence-corrected chi connectivity index (χ0v) is 16.2. The summed E-state index contributed by atoms with van der Waals surface area (Å²) in [5.74, 6) is -0.529. The number of para-hydroxylation sites is 1. The Bertz CT molecular complexity index is 1270. The van der Waals surface area contributed by atoms with E-state index in [2.05, 4.69) is 25.5 Å². The largest absolute Gasteiger partial charge is 0.445 e. The molecule has 0 fully saturated rings. The van der Waals surface area contributed by atoms with Crippen molar-refractivity contribution >= 4 is 39.2 Å². The summed E-state index contributed by atoms with van der Waals surface area (Å²) in [4.78, 5) is 21.1. The van der Waals surface area contributed by atoms with E-state index >= 15 is 0 Å². The number of alkyl halides is 3. The van der Waals surface area contributed by atoms with Crippen molar-refractivity contribution in [2.75, 3.05) is 11.1 Å². The van der Waals surface area contributed by atoms with Gasteiger partial charge in [0.1, 0.15) is 0 Å². The van der Waals surface area contributed by atoms with Crippen molar-refractivity contribution in [3.63, 3.8) is 0 Å². The molecule has 0 saturated heterocycles. The zero-order chi connectivity index (χ0) is 21.5. The first-order valence-electron chi connectivity index (χ1n) is 8.58. The molecule has 4 rings (SSSR count). The number of amides is 1. The van der Waals surface area contributed by atoms with Crippen molar-refractivity contribution in [2.45, 2.75) is 13.1 Å². The maximum Gasteiger partial charge on any atom is 0.445 e. The van der Waals surface area contributed by atoms with Gasteiger partial charge in [0.2, 0.25) is 16.1 Å². The lowest BCUT2D eigenvalue weighted by molar-refractivity contribution is -0.138. The third-order valence-corrected chi connectivity index (χ3v) is 5.15. The van der Waals surface area contributed by atoms with E-state index in [1.54, 1.807) is 24.3 Å². The van der Waals surface area contributed by atoms with E-state index in [1.165, 1.54) is 0 Å². The Morgan fingerprint density at radius 2 is 1.87 bits per heavy atom. The third-order valence-electron chi connectivity index (χ3n) is 4.26. The number of benzene rings is 2. The molecule has 1 amide bonds. The molecule has 0 bridgehead atoms. The van der Waals surface area contributed by atoms with Gasteiger partial charge < -0.3 is 5.73 Å². The molecule has 0 aliphatic heterocycles. The van der Waals surface area contributed by atoms with Gasteiger partial charge in [-0.2, -0.15) is 13.2 Å². The number of hydrogen-bond acceptors (Lipinski definition) is 7. The van der Waals surface area contributed by atoms with Gasteiger partial charge in [-0.05, 0) is 30.7 Å². The standard InChI is InChI=1S/C19H13F3N6OS/c1-9-6-7-10(15(29)26-18-28-27-16(30-18)19(20,21)22)8-12(9)14-11-4-2-3-5-13(11)24-17(23)25-14/h2-8H,1H3,(H2,23,24,25)(H,26,28,29). The number of halogens is 3. The highest BCUT2D eigenvalue weighted by Gasteiger charge is 2.35. The van der Waals surface area contributed by atoms with Gasteiger partial charge >= 0.3 is 6.18 Å². The van der Waals surface area contributed by atoms with Crippen LogP contribution in [0.5, 0.6) is 0 Å². The van der Waals surface area contributed by atoms with Crippen molar-refractivity contribution < 1.29 is 18.0 Å². The number of nitrogens with zero attached hydrogens (tertiary/aromatic N) is 4. The van der Waals surface area contributed by atoms with Crippen LogP contribution in [0.25, 0.3) is 22.2 Å². The Labute approximate surface area is 171 Å². The van der Waals surface area contributed by atoms with Crippen LogP contribution in [0.1, 0.15) is 20.9 Å². The number of anilines is 2. The molecule has 7 nitrogen and oxygen atoms in total. The van der Waals surface area contributed by atoms with Crippen molar-refractivity contribution in [1.29, 1.82) is 0 Å². The summed E-state index contributed by atoms with van der Waals surface area (Å²) >= 11 is 0.254. The van der Waals surface area contributed by atoms with Crippen molar-refractivity contribution in [1.82, 2.24) is 20.2 Å². The highest BCUT2D eigenvalue weighted by Crippen LogP contribution is 2.33. The predicted octanol–water partition coefficient (Wildman–Crippen LogP) is 4.31. The molecule has 152 valence electrons. The smallest absolute Gasteiger partial charge is 0.368 e. The highest BCUT2D eigenvalue weighted by molar-refractivity contribution is 7.15. The summed E-state index contributed by atoms with van der Waals surface area (Å²) in [5.41, 5.74) is 8.77. The summed E-state index contributed by atoms with van der Waals surface area (Å²) in [5, 5.41) is 8.16. The topological polar surface area (TPSA) is 107 Å². The minimum atomic E-state index is -4.62. The average molecular weight is 430 g/mol. The van der Waals surface area contributed by atoms with Gasteiger partial charge in [0.25, 0.3) is 5.91 Å². The number of nitrogens with one attached hydrogen (secondary N) is 1. The fraction of sp³-hybridized carbons (Fsp3) is 0.105. The van der Waals surface area contributed by atoms with Crippen LogP contribution in [0, 0.1) is 6.92 Å². The average Bonchev–Trinajstić information content (AvgIpc) is 3.16. The first-order valence-corrected chi connectivity index (χ1v) is 9.39. The number of hydrogen-bond donors (Lipinski definition) is 2. The zero-order valence-electron chi connectivity index (χ0n) is 15.4. The van der Waals surface area contributed by atoms with Crippen LogP contribution in [-0.4, -0.2) is 26.1 Å². The molecule has 0 aliphatic carbocycles. The Kier molecular flexibility index (Phi) is 4.82. The van der Waals surface area contributed by atoms with Gasteiger partial charge in [-0.1, -0.05) is 35.6 Å². The minimum absolute atomic E-state index is 0.0893. The van der Waals surface area contributed by atoms with Crippen LogP contribution in [0.15, 0.2) is 42.5 Å². The monoisotopic (exact) mass is 430 g/mol. The molecule has 3 N–H and O–H groups in total. The van der Waals surface area contributed by atoms with E-state index in [9.17, 15) is 18.0 Å². The second-order valence-corrected chi connectivity index (χ2v) is 7.32. The minimum Gasteiger partial charge on any atom is -0.368 e. The van der Waals surface area contributed by atoms with Gasteiger partial charge in [-0.25, -0.2) is 9.97 Å². The summed E-state index contributed by atoms with van der Waals surface area (Å²) in [6.07, 6.45) is -4.62. The van der Waals surface area contributed by atoms with Crippen molar-refractivity contribution in [3.05, 3.63) is 58.6 Å². The second-order valence-electron chi connectivity index (χ2n) is 6.34. The summed E-state index contributed by atoms with van der Waals surface area (Å²) in [6, 6.07) is 12.2. The lowest BCUT2D eigenvalue weighted by atomic mass is 9.99. The van der Waals surface area contributed by atoms with Gasteiger partial charge in [0.15, 0.2) is 0 Å². The molecule has 2 aromatic carbocycles. The van der Waals surface area contributed by atoms with Crippen LogP contribution in [0.3, 0.4) is 0 Å². The maximum atomic E-state index is 12.7. The van der Waals surface area contributed by atoms with Crippen LogP contribution >= 0.6 is 11.3 Å². The van der Waals surface area contributed by atoms with E-state index in [1.807, 2.05) is 25.1 Å². The quantitative estimate of drug-likeness (QED) is 0.502. The number of carbonyl (C=O) groups is 1. The van der Waals surface area contributed by atoms with E-state index < -0.39 is 17.1 Å². The van der Waals surface area contributed by atoms with Crippen LogP contribution in [0.2, 0.25) is 0 Å². The van der Waals surface area contributed by atoms with E-state index in [4.69, 9.17) is 5.73 Å². The number of nitrogens with two attached hydrogens (primary N) is 1. The summed E-state index contributed by atoms with van der Waals surface area (Å²) in [6.45, 7) is 1.85. The van der Waals surface area contributed by atoms with E-state index in [0.717, 1.165) is 10.9 Å². The molecule has 0 aliphatic rings. The maximum absolute atomic E-state index is 12.7. The Balaban J connectivity index is 1.71. The van der Waals surface area contributed by atoms with Crippen LogP contribution in [0.4, 0.5) is 24.3 Å². The number of nitrogen functional groups attached to an aromatic ring is 1. The number of fused-ring (bicyclic) bond motifs is 1. The van der Waals surface area contributed by atoms with Gasteiger partial charge in [-0.15, -0.1) is 10.2 Å². The normalized spacial score (nSPS) is 11.6. The Morgan fingerprint density at radius 1 is 1.10 bits per heavy atom. The number of rotatable bonds is 3. The first kappa shape index (κ1) is 19.7. The Hall–Kier alpha value is -3.60. The molecule has 4 aromatic rings. The molecule has 11 heteroatoms. The van der Waals surface area contributed by atoms with Crippen molar-refractivity contribution in [3.8, 4) is 11.3 Å². The molecule has 30 heavy (non-hydrogen) atoms. The highest BCUT2D eigenvalue weighted by atomic mass is 32.1. The van der Waals surface area contributed by atoms with Crippen molar-refractivity contribution in [2.24, 2.45) is 0 Å². The molecule has 2 heterocycles. The molecular formula is C19H13F3N6OS. The first-order chi connectivity index (χ1) is 14.2. The molecular weight excluding hydrogens is 417 g/mol. The molecule has 0 radical (unpaired) electrons.